The van der Waals surface area contributed by atoms with Crippen LogP contribution in [0.1, 0.15) is 16.3 Å². The van der Waals surface area contributed by atoms with E-state index in [1.54, 1.807) is 23.0 Å². The number of nitrogens with one attached hydrogen (secondary N) is 1. The van der Waals surface area contributed by atoms with Crippen molar-refractivity contribution in [3.05, 3.63) is 57.0 Å². The number of alkyl halides is 3. The largest absolute Gasteiger partial charge is 0.418 e. The first-order valence-electron chi connectivity index (χ1n) is 7.94. The number of amides is 1. The minimum absolute atomic E-state index is 0.0583. The molecule has 5 nitrogen and oxygen atoms in total. The third-order valence-corrected chi connectivity index (χ3v) is 5.86. The standard InChI is InChI=1S/C17H14ClF3N4OS2/c1-25-14(8-11-3-2-6-27-11)23-24-16(25)28-9-15(26)22-13-5-4-10(18)7-12(13)17(19,20)21/h2-7H,8-9H2,1H3,(H,22,26). The summed E-state index contributed by atoms with van der Waals surface area (Å²) >= 11 is 8.34. The number of aromatic nitrogens is 3. The van der Waals surface area contributed by atoms with Crippen LogP contribution in [0.25, 0.3) is 0 Å². The van der Waals surface area contributed by atoms with E-state index in [4.69, 9.17) is 11.6 Å². The summed E-state index contributed by atoms with van der Waals surface area (Å²) in [6, 6.07) is 7.14. The normalized spacial score (nSPS) is 11.6. The summed E-state index contributed by atoms with van der Waals surface area (Å²) in [6.07, 6.45) is -4.01. The van der Waals surface area contributed by atoms with Gasteiger partial charge in [0.15, 0.2) is 5.16 Å². The highest BCUT2D eigenvalue weighted by Gasteiger charge is 2.34. The molecule has 2 aromatic heterocycles. The topological polar surface area (TPSA) is 59.8 Å². The van der Waals surface area contributed by atoms with Crippen molar-refractivity contribution in [1.29, 1.82) is 0 Å². The Bertz CT molecular complexity index is 973. The fourth-order valence-electron chi connectivity index (χ4n) is 2.37. The SMILES string of the molecule is Cn1c(Cc2cccs2)nnc1SCC(=O)Nc1ccc(Cl)cc1C(F)(F)F. The van der Waals surface area contributed by atoms with Crippen LogP contribution in [0.2, 0.25) is 5.02 Å². The quantitative estimate of drug-likeness (QED) is 0.549. The summed E-state index contributed by atoms with van der Waals surface area (Å²) in [7, 11) is 1.78. The predicted octanol–water partition coefficient (Wildman–Crippen LogP) is 4.87. The second-order valence-electron chi connectivity index (χ2n) is 5.74. The molecule has 2 heterocycles. The van der Waals surface area contributed by atoms with Gasteiger partial charge < -0.3 is 9.88 Å². The monoisotopic (exact) mass is 446 g/mol. The Morgan fingerprint density at radius 3 is 2.79 bits per heavy atom. The molecular formula is C17H14ClF3N4OS2. The maximum atomic E-state index is 13.1. The van der Waals surface area contributed by atoms with E-state index >= 15 is 0 Å². The lowest BCUT2D eigenvalue weighted by Crippen LogP contribution is -2.18. The molecule has 1 N–H and O–H groups in total. The first kappa shape index (κ1) is 20.7. The molecule has 0 bridgehead atoms. The van der Waals surface area contributed by atoms with Crippen LogP contribution in [0.3, 0.4) is 0 Å². The van der Waals surface area contributed by atoms with Gasteiger partial charge in [0.05, 0.1) is 17.0 Å². The Kier molecular flexibility index (Phi) is 6.31. The molecule has 0 unspecified atom stereocenters. The van der Waals surface area contributed by atoms with Crippen LogP contribution in [0.4, 0.5) is 18.9 Å². The summed E-state index contributed by atoms with van der Waals surface area (Å²) in [5.41, 5.74) is -1.32. The summed E-state index contributed by atoms with van der Waals surface area (Å²) in [6.45, 7) is 0. The van der Waals surface area contributed by atoms with Crippen LogP contribution < -0.4 is 5.32 Å². The molecule has 3 aromatic rings. The molecule has 0 radical (unpaired) electrons. The van der Waals surface area contributed by atoms with Gasteiger partial charge in [-0.05, 0) is 29.6 Å². The maximum absolute atomic E-state index is 13.1. The van der Waals surface area contributed by atoms with E-state index in [2.05, 4.69) is 15.5 Å². The number of benzene rings is 1. The van der Waals surface area contributed by atoms with Crippen molar-refractivity contribution in [2.24, 2.45) is 7.05 Å². The Morgan fingerprint density at radius 1 is 1.32 bits per heavy atom. The molecule has 11 heteroatoms. The molecule has 0 atom stereocenters. The molecule has 0 spiro atoms. The lowest BCUT2D eigenvalue weighted by Gasteiger charge is -2.14. The average Bonchev–Trinajstić information content (AvgIpc) is 3.25. The maximum Gasteiger partial charge on any atom is 0.418 e. The smallest absolute Gasteiger partial charge is 0.325 e. The average molecular weight is 447 g/mol. The van der Waals surface area contributed by atoms with Crippen LogP contribution >= 0.6 is 34.7 Å². The van der Waals surface area contributed by atoms with Gasteiger partial charge in [-0.15, -0.1) is 21.5 Å². The van der Waals surface area contributed by atoms with E-state index < -0.39 is 17.6 Å². The number of carbonyl (C=O) groups is 1. The molecule has 0 aliphatic carbocycles. The van der Waals surface area contributed by atoms with Crippen LogP contribution in [0.15, 0.2) is 40.9 Å². The van der Waals surface area contributed by atoms with Gasteiger partial charge in [0, 0.05) is 23.4 Å². The van der Waals surface area contributed by atoms with Crippen molar-refractivity contribution in [3.63, 3.8) is 0 Å². The van der Waals surface area contributed by atoms with Crippen LogP contribution in [-0.4, -0.2) is 26.4 Å². The fourth-order valence-corrected chi connectivity index (χ4v) is 3.97. The van der Waals surface area contributed by atoms with E-state index in [1.807, 2.05) is 17.5 Å². The highest BCUT2D eigenvalue weighted by atomic mass is 35.5. The number of hydrogen-bond donors (Lipinski definition) is 1. The summed E-state index contributed by atoms with van der Waals surface area (Å²) < 4.78 is 41.1. The van der Waals surface area contributed by atoms with Gasteiger partial charge in [0.2, 0.25) is 5.91 Å². The van der Waals surface area contributed by atoms with Gasteiger partial charge in [-0.3, -0.25) is 4.79 Å². The zero-order valence-electron chi connectivity index (χ0n) is 14.5. The van der Waals surface area contributed by atoms with Gasteiger partial charge in [0.1, 0.15) is 5.82 Å². The summed E-state index contributed by atoms with van der Waals surface area (Å²) in [4.78, 5) is 13.3. The Hall–Kier alpha value is -2.04. The van der Waals surface area contributed by atoms with Crippen LogP contribution in [-0.2, 0) is 24.4 Å². The van der Waals surface area contributed by atoms with Gasteiger partial charge in [-0.2, -0.15) is 13.2 Å². The molecule has 0 fully saturated rings. The minimum Gasteiger partial charge on any atom is -0.325 e. The van der Waals surface area contributed by atoms with Crippen molar-refractivity contribution in [2.45, 2.75) is 17.8 Å². The second kappa shape index (κ2) is 8.54. The lowest BCUT2D eigenvalue weighted by molar-refractivity contribution is -0.137. The predicted molar refractivity (Wildman–Crippen MR) is 104 cm³/mol. The molecule has 0 aliphatic heterocycles. The van der Waals surface area contributed by atoms with Gasteiger partial charge in [0.25, 0.3) is 0 Å². The number of halogens is 4. The van der Waals surface area contributed by atoms with E-state index in [1.165, 1.54) is 6.07 Å². The van der Waals surface area contributed by atoms with Crippen LogP contribution in [0, 0.1) is 0 Å². The third kappa shape index (κ3) is 5.06. The molecular weight excluding hydrogens is 433 g/mol. The van der Waals surface area contributed by atoms with E-state index in [0.717, 1.165) is 34.6 Å². The Morgan fingerprint density at radius 2 is 2.11 bits per heavy atom. The number of rotatable bonds is 6. The molecule has 1 aromatic carbocycles. The van der Waals surface area contributed by atoms with Crippen molar-refractivity contribution < 1.29 is 18.0 Å². The van der Waals surface area contributed by atoms with Gasteiger partial charge >= 0.3 is 6.18 Å². The molecule has 0 saturated carbocycles. The molecule has 0 aliphatic rings. The zero-order valence-corrected chi connectivity index (χ0v) is 16.8. The second-order valence-corrected chi connectivity index (χ2v) is 8.15. The molecule has 0 saturated heterocycles. The molecule has 148 valence electrons. The van der Waals surface area contributed by atoms with E-state index in [0.29, 0.717) is 11.6 Å². The van der Waals surface area contributed by atoms with Crippen molar-refractivity contribution >= 4 is 46.3 Å². The number of thiophene rings is 1. The number of hydrogen-bond acceptors (Lipinski definition) is 5. The highest BCUT2D eigenvalue weighted by Crippen LogP contribution is 2.36. The fraction of sp³-hybridized carbons (Fsp3) is 0.235. The van der Waals surface area contributed by atoms with E-state index in [-0.39, 0.29) is 16.5 Å². The number of thioether (sulfide) groups is 1. The molecule has 1 amide bonds. The first-order valence-corrected chi connectivity index (χ1v) is 10.2. The number of anilines is 1. The van der Waals surface area contributed by atoms with Gasteiger partial charge in [-0.1, -0.05) is 29.4 Å². The summed E-state index contributed by atoms with van der Waals surface area (Å²) in [5.74, 6) is 0.0493. The Labute approximate surface area is 171 Å². The zero-order chi connectivity index (χ0) is 20.3. The van der Waals surface area contributed by atoms with Crippen LogP contribution in [0.5, 0.6) is 0 Å². The highest BCUT2D eigenvalue weighted by molar-refractivity contribution is 7.99. The number of nitrogens with zero attached hydrogens (tertiary/aromatic N) is 3. The Balaban J connectivity index is 1.63. The van der Waals surface area contributed by atoms with E-state index in [9.17, 15) is 18.0 Å². The minimum atomic E-state index is -4.62. The molecule has 3 rings (SSSR count). The summed E-state index contributed by atoms with van der Waals surface area (Å²) in [5, 5.41) is 12.9. The van der Waals surface area contributed by atoms with Crippen molar-refractivity contribution in [2.75, 3.05) is 11.1 Å². The third-order valence-electron chi connectivity index (χ3n) is 3.73. The number of carbonyl (C=O) groups excluding carboxylic acids is 1. The first-order chi connectivity index (χ1) is 13.2. The van der Waals surface area contributed by atoms with Crippen molar-refractivity contribution in [3.8, 4) is 0 Å². The van der Waals surface area contributed by atoms with Crippen molar-refractivity contribution in [1.82, 2.24) is 14.8 Å². The lowest BCUT2D eigenvalue weighted by atomic mass is 10.1. The molecule has 28 heavy (non-hydrogen) atoms. The van der Waals surface area contributed by atoms with Gasteiger partial charge in [-0.25, -0.2) is 0 Å².